The van der Waals surface area contributed by atoms with Gasteiger partial charge in [-0.1, -0.05) is 0 Å². The van der Waals surface area contributed by atoms with E-state index >= 15 is 0 Å². The molecule has 2 rings (SSSR count). The second-order valence-corrected chi connectivity index (χ2v) is 4.00. The number of amides is 1. The van der Waals surface area contributed by atoms with Gasteiger partial charge in [0, 0.05) is 25.0 Å². The van der Waals surface area contributed by atoms with Gasteiger partial charge in [-0.25, -0.2) is 0 Å². The molecule has 1 aromatic carbocycles. The van der Waals surface area contributed by atoms with Gasteiger partial charge in [0.25, 0.3) is 11.6 Å². The van der Waals surface area contributed by atoms with E-state index in [9.17, 15) is 20.0 Å². The fourth-order valence-electron chi connectivity index (χ4n) is 1.64. The zero-order chi connectivity index (χ0) is 14.5. The van der Waals surface area contributed by atoms with E-state index in [0.29, 0.717) is 0 Å². The first kappa shape index (κ1) is 13.5. The monoisotopic (exact) mass is 273 g/mol. The summed E-state index contributed by atoms with van der Waals surface area (Å²) in [4.78, 5) is 26.0. The number of phenolic OH excluding ortho intramolecular Hbond substituents is 1. The molecule has 0 bridgehead atoms. The lowest BCUT2D eigenvalue weighted by Gasteiger charge is -2.06. The lowest BCUT2D eigenvalue weighted by molar-refractivity contribution is -0.385. The van der Waals surface area contributed by atoms with E-state index in [2.05, 4.69) is 10.3 Å². The molecule has 2 aromatic rings. The predicted molar refractivity (Wildman–Crippen MR) is 70.2 cm³/mol. The summed E-state index contributed by atoms with van der Waals surface area (Å²) in [7, 11) is 0. The largest absolute Gasteiger partial charge is 0.508 e. The zero-order valence-corrected chi connectivity index (χ0v) is 10.3. The van der Waals surface area contributed by atoms with Crippen molar-refractivity contribution in [1.29, 1.82) is 0 Å². The molecule has 0 aliphatic heterocycles. The number of hydrogen-bond donors (Lipinski definition) is 2. The summed E-state index contributed by atoms with van der Waals surface area (Å²) in [5, 5.41) is 22.7. The Bertz CT molecular complexity index is 643. The molecule has 0 saturated heterocycles. The highest BCUT2D eigenvalue weighted by Crippen LogP contribution is 2.23. The number of hydrogen-bond acceptors (Lipinski definition) is 5. The van der Waals surface area contributed by atoms with E-state index in [1.165, 1.54) is 0 Å². The average Bonchev–Trinajstić information content (AvgIpc) is 2.45. The number of nitrogens with zero attached hydrogens (tertiary/aromatic N) is 2. The lowest BCUT2D eigenvalue weighted by Crippen LogP contribution is -2.23. The fraction of sp³-hybridized carbons (Fsp3) is 0.0769. The molecule has 0 fully saturated rings. The molecule has 1 aromatic heterocycles. The molecule has 0 radical (unpaired) electrons. The van der Waals surface area contributed by atoms with Gasteiger partial charge in [0.2, 0.25) is 0 Å². The second-order valence-electron chi connectivity index (χ2n) is 4.00. The molecular formula is C13H11N3O4. The minimum atomic E-state index is -0.666. The van der Waals surface area contributed by atoms with Crippen molar-refractivity contribution in [2.24, 2.45) is 0 Å². The van der Waals surface area contributed by atoms with Gasteiger partial charge in [0.05, 0.1) is 4.92 Å². The molecule has 0 aliphatic rings. The van der Waals surface area contributed by atoms with Crippen LogP contribution in [0.15, 0.2) is 42.7 Å². The number of nitro benzene ring substituents is 1. The van der Waals surface area contributed by atoms with E-state index in [-0.39, 0.29) is 23.5 Å². The van der Waals surface area contributed by atoms with Gasteiger partial charge in [-0.15, -0.1) is 0 Å². The van der Waals surface area contributed by atoms with Gasteiger partial charge in [0.1, 0.15) is 11.3 Å². The van der Waals surface area contributed by atoms with Crippen LogP contribution in [0.5, 0.6) is 5.75 Å². The minimum absolute atomic E-state index is 0.177. The summed E-state index contributed by atoms with van der Waals surface area (Å²) in [6, 6.07) is 6.77. The van der Waals surface area contributed by atoms with Crippen molar-refractivity contribution in [1.82, 2.24) is 10.3 Å². The van der Waals surface area contributed by atoms with Crippen molar-refractivity contribution in [3.8, 4) is 5.75 Å². The fourth-order valence-corrected chi connectivity index (χ4v) is 1.64. The van der Waals surface area contributed by atoms with Crippen LogP contribution in [0, 0.1) is 10.1 Å². The van der Waals surface area contributed by atoms with Crippen LogP contribution in [0.1, 0.15) is 15.9 Å². The normalized spacial score (nSPS) is 10.0. The van der Waals surface area contributed by atoms with Crippen LogP contribution in [0.25, 0.3) is 0 Å². The summed E-state index contributed by atoms with van der Waals surface area (Å²) >= 11 is 0. The lowest BCUT2D eigenvalue weighted by atomic mass is 10.1. The van der Waals surface area contributed by atoms with E-state index in [4.69, 9.17) is 0 Å². The van der Waals surface area contributed by atoms with Crippen LogP contribution in [0.3, 0.4) is 0 Å². The molecule has 0 saturated carbocycles. The van der Waals surface area contributed by atoms with Crippen molar-refractivity contribution in [2.45, 2.75) is 6.54 Å². The zero-order valence-electron chi connectivity index (χ0n) is 10.3. The molecule has 0 aliphatic carbocycles. The SMILES string of the molecule is O=C(NCc1ccncc1)c1cc(O)ccc1[N+](=O)[O-]. The van der Waals surface area contributed by atoms with Gasteiger partial charge in [-0.2, -0.15) is 0 Å². The minimum Gasteiger partial charge on any atom is -0.508 e. The molecular weight excluding hydrogens is 262 g/mol. The van der Waals surface area contributed by atoms with Gasteiger partial charge < -0.3 is 10.4 Å². The number of aromatic hydroxyl groups is 1. The molecule has 20 heavy (non-hydrogen) atoms. The first-order chi connectivity index (χ1) is 9.58. The molecule has 0 spiro atoms. The summed E-state index contributed by atoms with van der Waals surface area (Å²) in [5.41, 5.74) is 0.287. The Hall–Kier alpha value is -2.96. The van der Waals surface area contributed by atoms with Crippen LogP contribution in [-0.2, 0) is 6.54 Å². The van der Waals surface area contributed by atoms with Crippen molar-refractivity contribution in [3.05, 3.63) is 64.0 Å². The third kappa shape index (κ3) is 3.08. The third-order valence-corrected chi connectivity index (χ3v) is 2.62. The molecule has 1 heterocycles. The Morgan fingerprint density at radius 1 is 1.30 bits per heavy atom. The molecule has 7 heteroatoms. The average molecular weight is 273 g/mol. The quantitative estimate of drug-likeness (QED) is 0.650. The number of carbonyl (C=O) groups is 1. The van der Waals surface area contributed by atoms with Crippen molar-refractivity contribution >= 4 is 11.6 Å². The summed E-state index contributed by atoms with van der Waals surface area (Å²) in [5.74, 6) is -0.825. The van der Waals surface area contributed by atoms with Gasteiger partial charge in [0.15, 0.2) is 0 Å². The van der Waals surface area contributed by atoms with Crippen LogP contribution in [0.2, 0.25) is 0 Å². The maximum absolute atomic E-state index is 12.0. The third-order valence-electron chi connectivity index (χ3n) is 2.62. The summed E-state index contributed by atoms with van der Waals surface area (Å²) in [6.07, 6.45) is 3.16. The molecule has 0 unspecified atom stereocenters. The van der Waals surface area contributed by atoms with Crippen molar-refractivity contribution in [3.63, 3.8) is 0 Å². The highest BCUT2D eigenvalue weighted by molar-refractivity contribution is 5.98. The molecule has 1 amide bonds. The number of benzene rings is 1. The van der Waals surface area contributed by atoms with Crippen molar-refractivity contribution in [2.75, 3.05) is 0 Å². The Labute approximate surface area is 114 Å². The number of aromatic nitrogens is 1. The van der Waals surface area contributed by atoms with Crippen molar-refractivity contribution < 1.29 is 14.8 Å². The first-order valence-electron chi connectivity index (χ1n) is 5.72. The second kappa shape index (κ2) is 5.79. The van der Waals surface area contributed by atoms with Gasteiger partial charge in [-0.3, -0.25) is 19.9 Å². The van der Waals surface area contributed by atoms with Crippen LogP contribution in [0.4, 0.5) is 5.69 Å². The van der Waals surface area contributed by atoms with Crippen LogP contribution < -0.4 is 5.32 Å². The topological polar surface area (TPSA) is 105 Å². The molecule has 7 nitrogen and oxygen atoms in total. The molecule has 2 N–H and O–H groups in total. The van der Waals surface area contributed by atoms with Gasteiger partial charge >= 0.3 is 0 Å². The number of phenols is 1. The van der Waals surface area contributed by atoms with Gasteiger partial charge in [-0.05, 0) is 29.8 Å². The smallest absolute Gasteiger partial charge is 0.282 e. The summed E-state index contributed by atoms with van der Waals surface area (Å²) in [6.45, 7) is 0.216. The Morgan fingerprint density at radius 2 is 2.00 bits per heavy atom. The number of rotatable bonds is 4. The Kier molecular flexibility index (Phi) is 3.90. The first-order valence-corrected chi connectivity index (χ1v) is 5.72. The predicted octanol–water partition coefficient (Wildman–Crippen LogP) is 1.63. The van der Waals surface area contributed by atoms with Crippen LogP contribution >= 0.6 is 0 Å². The van der Waals surface area contributed by atoms with E-state index in [1.54, 1.807) is 24.5 Å². The maximum atomic E-state index is 12.0. The maximum Gasteiger partial charge on any atom is 0.282 e. The molecule has 102 valence electrons. The Morgan fingerprint density at radius 3 is 2.65 bits per heavy atom. The summed E-state index contributed by atoms with van der Waals surface area (Å²) < 4.78 is 0. The van der Waals surface area contributed by atoms with E-state index in [1.807, 2.05) is 0 Å². The number of pyridine rings is 1. The number of nitro groups is 1. The van der Waals surface area contributed by atoms with E-state index in [0.717, 1.165) is 23.8 Å². The van der Waals surface area contributed by atoms with Crippen LogP contribution in [-0.4, -0.2) is 20.9 Å². The molecule has 0 atom stereocenters. The number of carbonyl (C=O) groups excluding carboxylic acids is 1. The standard InChI is InChI=1S/C13H11N3O4/c17-10-1-2-12(16(19)20)11(7-10)13(18)15-8-9-3-5-14-6-4-9/h1-7,17H,8H2,(H,15,18). The highest BCUT2D eigenvalue weighted by atomic mass is 16.6. The Balaban J connectivity index is 2.17. The van der Waals surface area contributed by atoms with E-state index < -0.39 is 10.8 Å². The number of nitrogens with one attached hydrogen (secondary N) is 1. The highest BCUT2D eigenvalue weighted by Gasteiger charge is 2.20.